The highest BCUT2D eigenvalue weighted by Crippen LogP contribution is 2.31. The second kappa shape index (κ2) is 12.5. The molecule has 0 amide bonds. The predicted octanol–water partition coefficient (Wildman–Crippen LogP) is 8.01. The molecule has 0 unspecified atom stereocenters. The Morgan fingerprint density at radius 3 is 2.27 bits per heavy atom. The summed E-state index contributed by atoms with van der Waals surface area (Å²) in [6.07, 6.45) is 2.22. The molecular weight excluding hydrogens is 504 g/mol. The van der Waals surface area contributed by atoms with Crippen molar-refractivity contribution in [3.05, 3.63) is 119 Å². The lowest BCUT2D eigenvalue weighted by atomic mass is 9.95. The number of halogens is 1. The topological polar surface area (TPSA) is 55.8 Å². The van der Waals surface area contributed by atoms with E-state index in [4.69, 9.17) is 26.2 Å². The number of carboxylic acid groups (broad SMARTS) is 1. The first kappa shape index (κ1) is 26.4. The van der Waals surface area contributed by atoms with Crippen LogP contribution in [-0.4, -0.2) is 30.5 Å². The monoisotopic (exact) mass is 530 g/mol. The predicted molar refractivity (Wildman–Crippen MR) is 152 cm³/mol. The summed E-state index contributed by atoms with van der Waals surface area (Å²) >= 11 is 7.86. The van der Waals surface area contributed by atoms with Crippen LogP contribution in [0, 0.1) is 6.92 Å². The van der Waals surface area contributed by atoms with Crippen LogP contribution in [0.3, 0.4) is 0 Å². The number of benzene rings is 4. The fourth-order valence-electron chi connectivity index (χ4n) is 3.91. The van der Waals surface area contributed by atoms with Gasteiger partial charge in [0.25, 0.3) is 0 Å². The third kappa shape index (κ3) is 7.19. The van der Waals surface area contributed by atoms with Crippen LogP contribution >= 0.6 is 23.4 Å². The molecule has 188 valence electrons. The van der Waals surface area contributed by atoms with E-state index in [1.54, 1.807) is 18.9 Å². The molecule has 0 aliphatic carbocycles. The number of aryl methyl sites for hydroxylation is 1. The van der Waals surface area contributed by atoms with Crippen LogP contribution in [0.1, 0.15) is 16.7 Å². The number of methoxy groups -OCH3 is 1. The highest BCUT2D eigenvalue weighted by atomic mass is 35.5. The van der Waals surface area contributed by atoms with Crippen molar-refractivity contribution < 1.29 is 19.4 Å². The Bertz CT molecular complexity index is 1400. The number of hydrogen-bond donors (Lipinski definition) is 1. The zero-order valence-corrected chi connectivity index (χ0v) is 22.2. The molecule has 0 aliphatic rings. The van der Waals surface area contributed by atoms with Gasteiger partial charge in [0.15, 0.2) is 6.61 Å². The van der Waals surface area contributed by atoms with Crippen molar-refractivity contribution in [1.82, 2.24) is 0 Å². The fourth-order valence-corrected chi connectivity index (χ4v) is 4.90. The van der Waals surface area contributed by atoms with E-state index in [0.717, 1.165) is 49.8 Å². The van der Waals surface area contributed by atoms with Crippen molar-refractivity contribution in [1.29, 1.82) is 0 Å². The zero-order valence-electron chi connectivity index (χ0n) is 20.6. The number of carboxylic acids is 1. The summed E-state index contributed by atoms with van der Waals surface area (Å²) in [6, 6.07) is 30.2. The first-order valence-corrected chi connectivity index (χ1v) is 13.1. The van der Waals surface area contributed by atoms with Crippen LogP contribution in [0.5, 0.6) is 11.5 Å². The van der Waals surface area contributed by atoms with Gasteiger partial charge in [0, 0.05) is 15.7 Å². The zero-order chi connectivity index (χ0) is 26.2. The van der Waals surface area contributed by atoms with Crippen molar-refractivity contribution in [3.8, 4) is 22.6 Å². The van der Waals surface area contributed by atoms with E-state index in [1.807, 2.05) is 67.6 Å². The molecule has 0 saturated carbocycles. The average molecular weight is 531 g/mol. The molecule has 0 aliphatic heterocycles. The van der Waals surface area contributed by atoms with Gasteiger partial charge in [0.1, 0.15) is 11.5 Å². The summed E-state index contributed by atoms with van der Waals surface area (Å²) < 4.78 is 10.7. The van der Waals surface area contributed by atoms with Gasteiger partial charge in [-0.25, -0.2) is 4.79 Å². The van der Waals surface area contributed by atoms with Crippen LogP contribution < -0.4 is 9.47 Å². The normalized spacial score (nSPS) is 11.3. The van der Waals surface area contributed by atoms with E-state index in [9.17, 15) is 4.79 Å². The molecule has 0 heterocycles. The van der Waals surface area contributed by atoms with Crippen molar-refractivity contribution in [2.45, 2.75) is 11.8 Å². The molecule has 1 N–H and O–H groups in total. The summed E-state index contributed by atoms with van der Waals surface area (Å²) in [5.41, 5.74) is 6.45. The van der Waals surface area contributed by atoms with E-state index < -0.39 is 5.97 Å². The molecule has 4 aromatic carbocycles. The van der Waals surface area contributed by atoms with Crippen molar-refractivity contribution in [2.75, 3.05) is 19.5 Å². The number of carbonyl (C=O) groups is 1. The minimum atomic E-state index is -0.991. The molecule has 4 nitrogen and oxygen atoms in total. The van der Waals surface area contributed by atoms with Crippen LogP contribution in [0.2, 0.25) is 5.02 Å². The Morgan fingerprint density at radius 1 is 0.919 bits per heavy atom. The van der Waals surface area contributed by atoms with Gasteiger partial charge in [0.2, 0.25) is 0 Å². The quantitative estimate of drug-likeness (QED) is 0.210. The molecule has 0 bridgehead atoms. The highest BCUT2D eigenvalue weighted by molar-refractivity contribution is 7.99. The Balaban J connectivity index is 1.55. The standard InChI is InChI=1S/C31H27ClO4S/c1-21-18-28(14-15-30(21)36-20-31(33)34)37-17-16-29(24-10-12-26(32)13-11-24)23-8-6-22(7-9-23)25-4-3-5-27(19-25)35-2/h3-16,18-19H,17,20H2,1-2H3,(H,33,34)/b29-16-. The molecule has 4 rings (SSSR count). The minimum Gasteiger partial charge on any atom is -0.497 e. The first-order chi connectivity index (χ1) is 17.9. The van der Waals surface area contributed by atoms with Crippen molar-refractivity contribution in [3.63, 3.8) is 0 Å². The largest absolute Gasteiger partial charge is 0.497 e. The molecule has 0 saturated heterocycles. The maximum absolute atomic E-state index is 10.8. The lowest BCUT2D eigenvalue weighted by molar-refractivity contribution is -0.139. The van der Waals surface area contributed by atoms with Crippen LogP contribution in [-0.2, 0) is 4.79 Å². The van der Waals surface area contributed by atoms with E-state index >= 15 is 0 Å². The van der Waals surface area contributed by atoms with Crippen molar-refractivity contribution in [2.24, 2.45) is 0 Å². The molecule has 37 heavy (non-hydrogen) atoms. The van der Waals surface area contributed by atoms with Gasteiger partial charge in [-0.15, -0.1) is 11.8 Å². The van der Waals surface area contributed by atoms with Gasteiger partial charge >= 0.3 is 5.97 Å². The minimum absolute atomic E-state index is 0.350. The number of thioether (sulfide) groups is 1. The van der Waals surface area contributed by atoms with Crippen LogP contribution in [0.25, 0.3) is 16.7 Å². The van der Waals surface area contributed by atoms with E-state index in [-0.39, 0.29) is 6.61 Å². The maximum atomic E-state index is 10.8. The van der Waals surface area contributed by atoms with Gasteiger partial charge in [0.05, 0.1) is 7.11 Å². The number of aliphatic carboxylic acids is 1. The van der Waals surface area contributed by atoms with E-state index in [0.29, 0.717) is 10.8 Å². The summed E-state index contributed by atoms with van der Waals surface area (Å²) in [7, 11) is 1.67. The smallest absolute Gasteiger partial charge is 0.341 e. The van der Waals surface area contributed by atoms with Crippen LogP contribution in [0.4, 0.5) is 0 Å². The van der Waals surface area contributed by atoms with Gasteiger partial charge in [-0.2, -0.15) is 0 Å². The second-order valence-corrected chi connectivity index (χ2v) is 9.88. The third-order valence-electron chi connectivity index (χ3n) is 5.79. The maximum Gasteiger partial charge on any atom is 0.341 e. The lowest BCUT2D eigenvalue weighted by Gasteiger charge is -2.12. The molecule has 0 atom stereocenters. The number of ether oxygens (including phenoxy) is 2. The SMILES string of the molecule is COc1cccc(-c2ccc(/C(=C/CSc3ccc(OCC(=O)O)c(C)c3)c3ccc(Cl)cc3)cc2)c1. The average Bonchev–Trinajstić information content (AvgIpc) is 2.91. The van der Waals surface area contributed by atoms with Gasteiger partial charge in [-0.3, -0.25) is 0 Å². The van der Waals surface area contributed by atoms with Crippen molar-refractivity contribution >= 4 is 34.9 Å². The Hall–Kier alpha value is -3.67. The molecule has 0 radical (unpaired) electrons. The summed E-state index contributed by atoms with van der Waals surface area (Å²) in [6.45, 7) is 1.57. The Labute approximate surface area is 226 Å². The molecule has 4 aromatic rings. The summed E-state index contributed by atoms with van der Waals surface area (Å²) in [4.78, 5) is 11.9. The first-order valence-electron chi connectivity index (χ1n) is 11.7. The number of rotatable bonds is 10. The van der Waals surface area contributed by atoms with E-state index in [1.165, 1.54) is 0 Å². The van der Waals surface area contributed by atoms with Gasteiger partial charge in [-0.05, 0) is 82.8 Å². The molecular formula is C31H27ClO4S. The van der Waals surface area contributed by atoms with E-state index in [2.05, 4.69) is 36.4 Å². The Kier molecular flexibility index (Phi) is 8.94. The molecule has 6 heteroatoms. The molecule has 0 fully saturated rings. The lowest BCUT2D eigenvalue weighted by Crippen LogP contribution is -2.09. The Morgan fingerprint density at radius 2 is 1.62 bits per heavy atom. The molecule has 0 aromatic heterocycles. The second-order valence-electron chi connectivity index (χ2n) is 8.35. The van der Waals surface area contributed by atoms with Gasteiger partial charge in [-0.1, -0.05) is 66.2 Å². The fraction of sp³-hybridized carbons (Fsp3) is 0.129. The third-order valence-corrected chi connectivity index (χ3v) is 6.96. The van der Waals surface area contributed by atoms with Gasteiger partial charge < -0.3 is 14.6 Å². The van der Waals surface area contributed by atoms with Crippen LogP contribution in [0.15, 0.2) is 102 Å². The summed E-state index contributed by atoms with van der Waals surface area (Å²) in [5.74, 6) is 1.18. The highest BCUT2D eigenvalue weighted by Gasteiger charge is 2.08. The summed E-state index contributed by atoms with van der Waals surface area (Å²) in [5, 5.41) is 9.54. The molecule has 0 spiro atoms. The number of hydrogen-bond acceptors (Lipinski definition) is 4.